The third-order valence-corrected chi connectivity index (χ3v) is 3.14. The summed E-state index contributed by atoms with van der Waals surface area (Å²) in [5, 5.41) is 3.33. The van der Waals surface area contributed by atoms with Crippen molar-refractivity contribution in [2.24, 2.45) is 5.84 Å². The van der Waals surface area contributed by atoms with E-state index in [0.717, 1.165) is 22.8 Å². The SMILES string of the molecule is Cc1c(NN)nc(C(C)(C)C)nc1NCc1cccnc1. The molecule has 0 aliphatic rings. The Morgan fingerprint density at radius 2 is 1.90 bits per heavy atom. The molecule has 0 atom stereocenters. The van der Waals surface area contributed by atoms with E-state index < -0.39 is 0 Å². The van der Waals surface area contributed by atoms with Crippen LogP contribution in [0.2, 0.25) is 0 Å². The summed E-state index contributed by atoms with van der Waals surface area (Å²) in [5.74, 6) is 7.73. The quantitative estimate of drug-likeness (QED) is 0.590. The molecule has 6 heteroatoms. The number of rotatable bonds is 4. The predicted octanol–water partition coefficient (Wildman–Crippen LogP) is 2.38. The van der Waals surface area contributed by atoms with Crippen molar-refractivity contribution in [1.29, 1.82) is 0 Å². The Morgan fingerprint density at radius 3 is 2.48 bits per heavy atom. The average Bonchev–Trinajstić information content (AvgIpc) is 2.46. The summed E-state index contributed by atoms with van der Waals surface area (Å²) in [4.78, 5) is 13.2. The van der Waals surface area contributed by atoms with Crippen LogP contribution in [0.1, 0.15) is 37.7 Å². The standard InChI is InChI=1S/C15H22N6/c1-10-12(18-9-11-6-5-7-17-8-11)19-14(15(2,3)4)20-13(10)21-16/h5-8H,9,16H2,1-4H3,(H2,18,19,20,21). The van der Waals surface area contributed by atoms with Gasteiger partial charge in [-0.05, 0) is 18.6 Å². The molecule has 0 aromatic carbocycles. The van der Waals surface area contributed by atoms with Gasteiger partial charge in [0.2, 0.25) is 0 Å². The number of hydrogen-bond donors (Lipinski definition) is 3. The molecular formula is C15H22N6. The fourth-order valence-electron chi connectivity index (χ4n) is 1.85. The van der Waals surface area contributed by atoms with E-state index in [1.165, 1.54) is 0 Å². The minimum atomic E-state index is -0.149. The van der Waals surface area contributed by atoms with Gasteiger partial charge in [-0.25, -0.2) is 15.8 Å². The van der Waals surface area contributed by atoms with E-state index in [0.29, 0.717) is 12.4 Å². The zero-order valence-corrected chi connectivity index (χ0v) is 12.9. The average molecular weight is 286 g/mol. The maximum Gasteiger partial charge on any atom is 0.148 e. The third-order valence-electron chi connectivity index (χ3n) is 3.14. The van der Waals surface area contributed by atoms with Crippen LogP contribution in [0.3, 0.4) is 0 Å². The highest BCUT2D eigenvalue weighted by molar-refractivity contribution is 5.57. The molecule has 2 rings (SSSR count). The van der Waals surface area contributed by atoms with E-state index >= 15 is 0 Å². The van der Waals surface area contributed by atoms with Gasteiger partial charge in [0, 0.05) is 29.9 Å². The van der Waals surface area contributed by atoms with Crippen LogP contribution in [0.4, 0.5) is 11.6 Å². The number of hydrogen-bond acceptors (Lipinski definition) is 6. The first-order valence-corrected chi connectivity index (χ1v) is 6.90. The summed E-state index contributed by atoms with van der Waals surface area (Å²) in [6, 6.07) is 3.93. The zero-order valence-electron chi connectivity index (χ0n) is 12.9. The summed E-state index contributed by atoms with van der Waals surface area (Å²) in [5.41, 5.74) is 4.48. The molecule has 6 nitrogen and oxygen atoms in total. The van der Waals surface area contributed by atoms with Crippen molar-refractivity contribution in [3.8, 4) is 0 Å². The lowest BCUT2D eigenvalue weighted by Crippen LogP contribution is -2.21. The molecule has 2 heterocycles. The number of aromatic nitrogens is 3. The fraction of sp³-hybridized carbons (Fsp3) is 0.400. The van der Waals surface area contributed by atoms with Gasteiger partial charge in [0.25, 0.3) is 0 Å². The topological polar surface area (TPSA) is 88.8 Å². The van der Waals surface area contributed by atoms with Crippen LogP contribution in [0, 0.1) is 6.92 Å². The van der Waals surface area contributed by atoms with Gasteiger partial charge in [-0.1, -0.05) is 26.8 Å². The largest absolute Gasteiger partial charge is 0.366 e. The summed E-state index contributed by atoms with van der Waals surface area (Å²) in [7, 11) is 0. The van der Waals surface area contributed by atoms with E-state index in [-0.39, 0.29) is 5.41 Å². The number of nitrogen functional groups attached to an aromatic ring is 1. The normalized spacial score (nSPS) is 11.3. The number of anilines is 2. The molecule has 0 unspecified atom stereocenters. The van der Waals surface area contributed by atoms with Crippen molar-refractivity contribution in [3.05, 3.63) is 41.5 Å². The monoisotopic (exact) mass is 286 g/mol. The Balaban J connectivity index is 2.29. The fourth-order valence-corrected chi connectivity index (χ4v) is 1.85. The van der Waals surface area contributed by atoms with Gasteiger partial charge in [0.05, 0.1) is 0 Å². The minimum absolute atomic E-state index is 0.149. The maximum atomic E-state index is 5.56. The second-order valence-corrected chi connectivity index (χ2v) is 5.98. The van der Waals surface area contributed by atoms with Crippen molar-refractivity contribution in [1.82, 2.24) is 15.0 Å². The third kappa shape index (κ3) is 3.66. The van der Waals surface area contributed by atoms with E-state index in [2.05, 4.69) is 46.5 Å². The molecule has 0 aliphatic heterocycles. The summed E-state index contributed by atoms with van der Waals surface area (Å²) >= 11 is 0. The van der Waals surface area contributed by atoms with Crippen LogP contribution in [-0.4, -0.2) is 15.0 Å². The maximum absolute atomic E-state index is 5.56. The van der Waals surface area contributed by atoms with Crippen LogP contribution >= 0.6 is 0 Å². The Bertz CT molecular complexity index is 604. The molecule has 2 aromatic heterocycles. The predicted molar refractivity (Wildman–Crippen MR) is 84.8 cm³/mol. The minimum Gasteiger partial charge on any atom is -0.366 e. The van der Waals surface area contributed by atoms with E-state index in [4.69, 9.17) is 5.84 Å². The second kappa shape index (κ2) is 6.05. The number of nitrogens with zero attached hydrogens (tertiary/aromatic N) is 3. The van der Waals surface area contributed by atoms with Crippen molar-refractivity contribution in [2.75, 3.05) is 10.7 Å². The van der Waals surface area contributed by atoms with Crippen LogP contribution in [0.15, 0.2) is 24.5 Å². The lowest BCUT2D eigenvalue weighted by atomic mass is 9.95. The van der Waals surface area contributed by atoms with E-state index in [1.54, 1.807) is 6.20 Å². The molecule has 0 aliphatic carbocycles. The van der Waals surface area contributed by atoms with E-state index in [9.17, 15) is 0 Å². The molecule has 112 valence electrons. The van der Waals surface area contributed by atoms with Crippen LogP contribution < -0.4 is 16.6 Å². The highest BCUT2D eigenvalue weighted by Gasteiger charge is 2.20. The van der Waals surface area contributed by atoms with E-state index in [1.807, 2.05) is 25.3 Å². The lowest BCUT2D eigenvalue weighted by molar-refractivity contribution is 0.546. The first kappa shape index (κ1) is 15.2. The zero-order chi connectivity index (χ0) is 15.5. The Labute approximate surface area is 125 Å². The van der Waals surface area contributed by atoms with Crippen molar-refractivity contribution >= 4 is 11.6 Å². The Hall–Kier alpha value is -2.21. The summed E-state index contributed by atoms with van der Waals surface area (Å²) < 4.78 is 0. The molecule has 0 radical (unpaired) electrons. The first-order valence-electron chi connectivity index (χ1n) is 6.90. The molecule has 0 saturated carbocycles. The van der Waals surface area contributed by atoms with Gasteiger partial charge in [-0.15, -0.1) is 0 Å². The number of pyridine rings is 1. The molecule has 0 saturated heterocycles. The summed E-state index contributed by atoms with van der Waals surface area (Å²) in [6.07, 6.45) is 3.59. The van der Waals surface area contributed by atoms with Gasteiger partial charge < -0.3 is 10.7 Å². The van der Waals surface area contributed by atoms with Gasteiger partial charge in [0.1, 0.15) is 17.5 Å². The first-order chi connectivity index (χ1) is 9.91. The highest BCUT2D eigenvalue weighted by atomic mass is 15.3. The molecular weight excluding hydrogens is 264 g/mol. The Kier molecular flexibility index (Phi) is 4.37. The van der Waals surface area contributed by atoms with Gasteiger partial charge in [0.15, 0.2) is 0 Å². The second-order valence-electron chi connectivity index (χ2n) is 5.98. The molecule has 4 N–H and O–H groups in total. The number of nitrogens with two attached hydrogens (primary N) is 1. The number of hydrazine groups is 1. The molecule has 0 bridgehead atoms. The molecule has 21 heavy (non-hydrogen) atoms. The van der Waals surface area contributed by atoms with Gasteiger partial charge >= 0.3 is 0 Å². The van der Waals surface area contributed by atoms with Crippen LogP contribution in [0.25, 0.3) is 0 Å². The van der Waals surface area contributed by atoms with Crippen molar-refractivity contribution in [2.45, 2.75) is 39.7 Å². The smallest absolute Gasteiger partial charge is 0.148 e. The lowest BCUT2D eigenvalue weighted by Gasteiger charge is -2.20. The number of nitrogens with one attached hydrogen (secondary N) is 2. The van der Waals surface area contributed by atoms with Crippen LogP contribution in [0.5, 0.6) is 0 Å². The van der Waals surface area contributed by atoms with Crippen molar-refractivity contribution < 1.29 is 0 Å². The highest BCUT2D eigenvalue weighted by Crippen LogP contribution is 2.26. The molecule has 2 aromatic rings. The molecule has 0 spiro atoms. The van der Waals surface area contributed by atoms with Gasteiger partial charge in [-0.3, -0.25) is 4.98 Å². The van der Waals surface area contributed by atoms with Crippen LogP contribution in [-0.2, 0) is 12.0 Å². The molecule has 0 fully saturated rings. The van der Waals surface area contributed by atoms with Gasteiger partial charge in [-0.2, -0.15) is 0 Å². The summed E-state index contributed by atoms with van der Waals surface area (Å²) in [6.45, 7) is 8.81. The Morgan fingerprint density at radius 1 is 1.19 bits per heavy atom. The van der Waals surface area contributed by atoms with Crippen molar-refractivity contribution in [3.63, 3.8) is 0 Å². The molecule has 0 amide bonds.